The molecule has 0 amide bonds. The maximum atomic E-state index is 12.3. The van der Waals surface area contributed by atoms with Gasteiger partial charge in [0.2, 0.25) is 0 Å². The number of carbonyl (C=O) groups is 1. The number of nitrogens with one attached hydrogen (secondary N) is 1. The van der Waals surface area contributed by atoms with Crippen molar-refractivity contribution in [3.8, 4) is 0 Å². The number of fused-ring (bicyclic) bond motifs is 2. The Hall–Kier alpha value is -1.99. The van der Waals surface area contributed by atoms with Gasteiger partial charge in [0, 0.05) is 19.3 Å². The third kappa shape index (κ3) is 2.09. The first-order valence-electron chi connectivity index (χ1n) is 7.25. The Morgan fingerprint density at radius 2 is 2.05 bits per heavy atom. The van der Waals surface area contributed by atoms with E-state index >= 15 is 0 Å². The zero-order valence-corrected chi connectivity index (χ0v) is 11.6. The first kappa shape index (κ1) is 12.7. The van der Waals surface area contributed by atoms with E-state index in [0.29, 0.717) is 17.5 Å². The lowest BCUT2D eigenvalue weighted by Gasteiger charge is -2.14. The molecule has 2 fully saturated rings. The van der Waals surface area contributed by atoms with Gasteiger partial charge in [-0.05, 0) is 37.1 Å². The normalized spacial score (nSPS) is 25.5. The van der Waals surface area contributed by atoms with Crippen LogP contribution in [-0.4, -0.2) is 57.7 Å². The Kier molecular flexibility index (Phi) is 2.90. The zero-order chi connectivity index (χ0) is 14.4. The second kappa shape index (κ2) is 4.78. The summed E-state index contributed by atoms with van der Waals surface area (Å²) >= 11 is 0. The number of nitrogens with zero attached hydrogens (tertiary/aromatic N) is 4. The summed E-state index contributed by atoms with van der Waals surface area (Å²) in [4.78, 5) is 26.6. The van der Waals surface area contributed by atoms with Gasteiger partial charge in [-0.1, -0.05) is 6.07 Å². The molecule has 7 nitrogen and oxygen atoms in total. The van der Waals surface area contributed by atoms with Crippen LogP contribution in [0.25, 0.3) is 5.65 Å². The van der Waals surface area contributed by atoms with Crippen LogP contribution in [0.5, 0.6) is 0 Å². The van der Waals surface area contributed by atoms with Crippen molar-refractivity contribution in [2.45, 2.75) is 0 Å². The van der Waals surface area contributed by atoms with Gasteiger partial charge in [0.1, 0.15) is 0 Å². The largest absolute Gasteiger partial charge is 0.357 e. The molecule has 0 radical (unpaired) electrons. The van der Waals surface area contributed by atoms with Crippen LogP contribution in [0.2, 0.25) is 0 Å². The average Bonchev–Trinajstić information content (AvgIpc) is 3.13. The molecular weight excluding hydrogens is 270 g/mol. The number of hydrogen-bond acceptors (Lipinski definition) is 5. The quantitative estimate of drug-likeness (QED) is 0.790. The van der Waals surface area contributed by atoms with Crippen molar-refractivity contribution in [3.63, 3.8) is 0 Å². The molecule has 1 N–H and O–H groups in total. The van der Waals surface area contributed by atoms with Crippen LogP contribution in [0.15, 0.2) is 29.2 Å². The van der Waals surface area contributed by atoms with Crippen LogP contribution in [-0.2, 0) is 0 Å². The van der Waals surface area contributed by atoms with Gasteiger partial charge in [0.05, 0.1) is 6.54 Å². The molecule has 0 aliphatic carbocycles. The molecule has 7 heteroatoms. The smallest absolute Gasteiger partial charge is 0.316 e. The van der Waals surface area contributed by atoms with Crippen molar-refractivity contribution >= 4 is 11.6 Å². The number of aromatic nitrogens is 3. The topological polar surface area (TPSA) is 71.6 Å². The number of rotatable bonds is 2. The molecule has 21 heavy (non-hydrogen) atoms. The summed E-state index contributed by atoms with van der Waals surface area (Å²) in [6.07, 6.45) is 1.63. The first-order valence-corrected chi connectivity index (χ1v) is 7.25. The molecule has 2 aromatic heterocycles. The Morgan fingerprint density at radius 1 is 1.29 bits per heavy atom. The maximum Gasteiger partial charge on any atom is 0.357 e. The van der Waals surface area contributed by atoms with Crippen molar-refractivity contribution in [2.24, 2.45) is 11.8 Å². The van der Waals surface area contributed by atoms with E-state index in [2.05, 4.69) is 15.3 Å². The molecule has 4 heterocycles. The third-order valence-corrected chi connectivity index (χ3v) is 4.49. The van der Waals surface area contributed by atoms with Crippen LogP contribution in [0.4, 0.5) is 0 Å². The van der Waals surface area contributed by atoms with Crippen LogP contribution in [0, 0.1) is 11.8 Å². The van der Waals surface area contributed by atoms with Crippen LogP contribution in [0.1, 0.15) is 4.79 Å². The molecule has 2 aromatic rings. The van der Waals surface area contributed by atoms with Gasteiger partial charge in [-0.15, -0.1) is 9.78 Å². The van der Waals surface area contributed by atoms with Gasteiger partial charge in [0.15, 0.2) is 5.65 Å². The molecule has 2 saturated heterocycles. The molecular formula is C14H17N5O2. The van der Waals surface area contributed by atoms with E-state index in [1.165, 1.54) is 4.40 Å². The lowest BCUT2D eigenvalue weighted by Crippen LogP contribution is -2.37. The van der Waals surface area contributed by atoms with E-state index in [4.69, 9.17) is 0 Å². The fraction of sp³-hybridized carbons (Fsp3) is 0.500. The van der Waals surface area contributed by atoms with E-state index in [0.717, 1.165) is 30.9 Å². The second-order valence-corrected chi connectivity index (χ2v) is 5.89. The predicted molar refractivity (Wildman–Crippen MR) is 76.4 cm³/mol. The Bertz CT molecular complexity index is 737. The standard InChI is InChI=1S/C14H17N5O2/c20-13(9-17-7-10-5-15-6-11(10)8-17)19-14(21)18-4-2-1-3-12(18)16-19/h1-4,10-11,15H,5-9H2. The summed E-state index contributed by atoms with van der Waals surface area (Å²) in [5, 5.41) is 7.48. The number of hydrogen-bond donors (Lipinski definition) is 1. The van der Waals surface area contributed by atoms with Crippen LogP contribution >= 0.6 is 0 Å². The second-order valence-electron chi connectivity index (χ2n) is 5.89. The highest BCUT2D eigenvalue weighted by molar-refractivity contribution is 5.80. The van der Waals surface area contributed by atoms with Gasteiger partial charge in [-0.3, -0.25) is 9.69 Å². The SMILES string of the molecule is O=C(CN1CC2CNCC2C1)n1nc2ccccn2c1=O. The third-order valence-electron chi connectivity index (χ3n) is 4.49. The van der Waals surface area contributed by atoms with Gasteiger partial charge in [-0.2, -0.15) is 0 Å². The van der Waals surface area contributed by atoms with Crippen molar-refractivity contribution in [1.29, 1.82) is 0 Å². The summed E-state index contributed by atoms with van der Waals surface area (Å²) in [5.41, 5.74) is 0.106. The van der Waals surface area contributed by atoms with Gasteiger partial charge in [0.25, 0.3) is 5.91 Å². The monoisotopic (exact) mass is 287 g/mol. The van der Waals surface area contributed by atoms with Gasteiger partial charge >= 0.3 is 5.69 Å². The highest BCUT2D eigenvalue weighted by atomic mass is 16.2. The van der Waals surface area contributed by atoms with Crippen molar-refractivity contribution in [3.05, 3.63) is 34.9 Å². The molecule has 0 bridgehead atoms. The molecule has 2 unspecified atom stereocenters. The van der Waals surface area contributed by atoms with E-state index < -0.39 is 5.69 Å². The molecule has 0 aromatic carbocycles. The minimum absolute atomic E-state index is 0.253. The van der Waals surface area contributed by atoms with Crippen molar-refractivity contribution in [2.75, 3.05) is 32.7 Å². The number of likely N-dealkylation sites (tertiary alicyclic amines) is 1. The molecule has 0 saturated carbocycles. The first-order chi connectivity index (χ1) is 10.2. The fourth-order valence-electron chi connectivity index (χ4n) is 3.43. The Balaban J connectivity index is 1.54. The van der Waals surface area contributed by atoms with Crippen LogP contribution in [0.3, 0.4) is 0 Å². The Morgan fingerprint density at radius 3 is 2.76 bits per heavy atom. The van der Waals surface area contributed by atoms with Crippen LogP contribution < -0.4 is 11.0 Å². The summed E-state index contributed by atoms with van der Waals surface area (Å²) in [7, 11) is 0. The molecule has 110 valence electrons. The highest BCUT2D eigenvalue weighted by Gasteiger charge is 2.36. The summed E-state index contributed by atoms with van der Waals surface area (Å²) in [6, 6.07) is 5.27. The number of carbonyl (C=O) groups excluding carboxylic acids is 1. The highest BCUT2D eigenvalue weighted by Crippen LogP contribution is 2.25. The van der Waals surface area contributed by atoms with Gasteiger partial charge < -0.3 is 5.32 Å². The summed E-state index contributed by atoms with van der Waals surface area (Å²) in [6.45, 7) is 4.17. The molecule has 2 atom stereocenters. The minimum Gasteiger partial charge on any atom is -0.316 e. The van der Waals surface area contributed by atoms with E-state index in [1.54, 1.807) is 24.4 Å². The predicted octanol–water partition coefficient (Wildman–Crippen LogP) is -0.713. The maximum absolute atomic E-state index is 12.3. The molecule has 2 aliphatic rings. The Labute approximate surface area is 121 Å². The summed E-state index contributed by atoms with van der Waals surface area (Å²) < 4.78 is 2.38. The van der Waals surface area contributed by atoms with E-state index in [1.807, 2.05) is 0 Å². The molecule has 2 aliphatic heterocycles. The molecule has 0 spiro atoms. The lowest BCUT2D eigenvalue weighted by atomic mass is 10.0. The van der Waals surface area contributed by atoms with Crippen molar-refractivity contribution < 1.29 is 4.79 Å². The van der Waals surface area contributed by atoms with E-state index in [9.17, 15) is 9.59 Å². The van der Waals surface area contributed by atoms with E-state index in [-0.39, 0.29) is 12.5 Å². The molecule has 4 rings (SSSR count). The fourth-order valence-corrected chi connectivity index (χ4v) is 3.43. The minimum atomic E-state index is -0.392. The lowest BCUT2D eigenvalue weighted by molar-refractivity contribution is 0.0838. The average molecular weight is 287 g/mol. The van der Waals surface area contributed by atoms with Crippen molar-refractivity contribution in [1.82, 2.24) is 24.4 Å². The number of pyridine rings is 1. The van der Waals surface area contributed by atoms with Gasteiger partial charge in [-0.25, -0.2) is 9.20 Å². The summed E-state index contributed by atoms with van der Waals surface area (Å²) in [5.74, 6) is 1.02. The zero-order valence-electron chi connectivity index (χ0n) is 11.6.